The van der Waals surface area contributed by atoms with Gasteiger partial charge in [0.1, 0.15) is 0 Å². The van der Waals surface area contributed by atoms with E-state index in [-0.39, 0.29) is 10.5 Å². The minimum absolute atomic E-state index is 0.0901. The largest absolute Gasteiger partial charge is 0.276 e. The monoisotopic (exact) mass is 316 g/mol. The minimum atomic E-state index is -3.78. The van der Waals surface area contributed by atoms with Crippen LogP contribution in [0.1, 0.15) is 10.4 Å². The molecule has 0 atom stereocenters. The first kappa shape index (κ1) is 12.0. The standard InChI is InChI=1S/C7H3BrCl2O3S/c8-6-3-4(14(10,12)13)1-2-5(6)7(9)11/h1-3H. The summed E-state index contributed by atoms with van der Waals surface area (Å²) in [6.07, 6.45) is 0. The molecule has 3 nitrogen and oxygen atoms in total. The molecule has 0 amide bonds. The molecule has 14 heavy (non-hydrogen) atoms. The number of carbonyl (C=O) groups is 1. The summed E-state index contributed by atoms with van der Waals surface area (Å²) in [4.78, 5) is 10.7. The molecule has 0 aliphatic heterocycles. The van der Waals surface area contributed by atoms with Gasteiger partial charge in [-0.2, -0.15) is 0 Å². The van der Waals surface area contributed by atoms with Gasteiger partial charge in [0.25, 0.3) is 14.3 Å². The summed E-state index contributed by atoms with van der Waals surface area (Å²) in [6, 6.07) is 3.72. The van der Waals surface area contributed by atoms with Crippen molar-refractivity contribution < 1.29 is 13.2 Å². The molecule has 0 aliphatic rings. The summed E-state index contributed by atoms with van der Waals surface area (Å²) in [5, 5.41) is -0.671. The van der Waals surface area contributed by atoms with Crippen LogP contribution in [0, 0.1) is 0 Å². The predicted octanol–water partition coefficient (Wildman–Crippen LogP) is 2.76. The second-order valence-electron chi connectivity index (χ2n) is 2.35. The van der Waals surface area contributed by atoms with Gasteiger partial charge in [-0.3, -0.25) is 4.79 Å². The second kappa shape index (κ2) is 4.18. The summed E-state index contributed by atoms with van der Waals surface area (Å²) >= 11 is 8.24. The van der Waals surface area contributed by atoms with Crippen LogP contribution in [0.3, 0.4) is 0 Å². The molecule has 7 heteroatoms. The van der Waals surface area contributed by atoms with Gasteiger partial charge in [0, 0.05) is 20.7 Å². The molecular weight excluding hydrogens is 315 g/mol. The number of halogens is 3. The lowest BCUT2D eigenvalue weighted by Gasteiger charge is -2.00. The van der Waals surface area contributed by atoms with E-state index in [9.17, 15) is 13.2 Å². The van der Waals surface area contributed by atoms with E-state index < -0.39 is 14.3 Å². The Labute approximate surface area is 98.6 Å². The quantitative estimate of drug-likeness (QED) is 0.788. The smallest absolute Gasteiger partial charge is 0.261 e. The van der Waals surface area contributed by atoms with E-state index >= 15 is 0 Å². The molecule has 1 rings (SSSR count). The van der Waals surface area contributed by atoms with E-state index in [1.807, 2.05) is 0 Å². The molecular formula is C7H3BrCl2O3S. The van der Waals surface area contributed by atoms with Crippen LogP contribution in [0.5, 0.6) is 0 Å². The lowest BCUT2D eigenvalue weighted by atomic mass is 10.2. The maximum absolute atomic E-state index is 10.9. The number of carbonyl (C=O) groups excluding carboxylic acids is 1. The van der Waals surface area contributed by atoms with Crippen LogP contribution >= 0.6 is 38.2 Å². The van der Waals surface area contributed by atoms with Crippen LogP contribution in [0.2, 0.25) is 0 Å². The molecule has 0 spiro atoms. The molecule has 0 fully saturated rings. The van der Waals surface area contributed by atoms with Crippen molar-refractivity contribution in [3.05, 3.63) is 28.2 Å². The molecule has 0 bridgehead atoms. The Morgan fingerprint density at radius 2 is 1.93 bits per heavy atom. The highest BCUT2D eigenvalue weighted by molar-refractivity contribution is 9.10. The molecule has 1 aromatic rings. The number of hydrogen-bond acceptors (Lipinski definition) is 3. The van der Waals surface area contributed by atoms with Crippen molar-refractivity contribution in [3.8, 4) is 0 Å². The highest BCUT2D eigenvalue weighted by Gasteiger charge is 2.14. The van der Waals surface area contributed by atoms with Gasteiger partial charge in [0.15, 0.2) is 0 Å². The molecule has 0 aromatic heterocycles. The molecule has 76 valence electrons. The molecule has 0 heterocycles. The summed E-state index contributed by atoms with van der Waals surface area (Å²) in [5.74, 6) is 0. The summed E-state index contributed by atoms with van der Waals surface area (Å²) in [7, 11) is 1.32. The van der Waals surface area contributed by atoms with Gasteiger partial charge in [0.05, 0.1) is 4.90 Å². The summed E-state index contributed by atoms with van der Waals surface area (Å²) in [6.45, 7) is 0. The highest BCUT2D eigenvalue weighted by atomic mass is 79.9. The Hall–Kier alpha value is -0.100. The Morgan fingerprint density at radius 1 is 1.36 bits per heavy atom. The highest BCUT2D eigenvalue weighted by Crippen LogP contribution is 2.24. The fourth-order valence-corrected chi connectivity index (χ4v) is 2.57. The van der Waals surface area contributed by atoms with Gasteiger partial charge < -0.3 is 0 Å². The van der Waals surface area contributed by atoms with Crippen LogP contribution in [0.25, 0.3) is 0 Å². The maximum Gasteiger partial charge on any atom is 0.261 e. The number of rotatable bonds is 2. The van der Waals surface area contributed by atoms with Crippen molar-refractivity contribution >= 4 is 52.5 Å². The SMILES string of the molecule is O=C(Cl)c1ccc(S(=O)(=O)Cl)cc1Br. The van der Waals surface area contributed by atoms with E-state index in [0.717, 1.165) is 0 Å². The Morgan fingerprint density at radius 3 is 2.29 bits per heavy atom. The lowest BCUT2D eigenvalue weighted by Crippen LogP contribution is -1.95. The van der Waals surface area contributed by atoms with Crippen molar-refractivity contribution in [2.45, 2.75) is 4.90 Å². The van der Waals surface area contributed by atoms with Crippen molar-refractivity contribution in [1.29, 1.82) is 0 Å². The Balaban J connectivity index is 3.34. The van der Waals surface area contributed by atoms with Crippen molar-refractivity contribution in [2.75, 3.05) is 0 Å². The van der Waals surface area contributed by atoms with Crippen molar-refractivity contribution in [3.63, 3.8) is 0 Å². The minimum Gasteiger partial charge on any atom is -0.276 e. The molecule has 0 saturated carbocycles. The van der Waals surface area contributed by atoms with Gasteiger partial charge in [-0.25, -0.2) is 8.42 Å². The van der Waals surface area contributed by atoms with Crippen LogP contribution in [0.15, 0.2) is 27.6 Å². The van der Waals surface area contributed by atoms with Gasteiger partial charge >= 0.3 is 0 Å². The first-order valence-electron chi connectivity index (χ1n) is 3.26. The van der Waals surface area contributed by atoms with Gasteiger partial charge in [-0.05, 0) is 45.7 Å². The predicted molar refractivity (Wildman–Crippen MR) is 57.4 cm³/mol. The summed E-state index contributed by atoms with van der Waals surface area (Å²) in [5.41, 5.74) is 0.190. The van der Waals surface area contributed by atoms with Crippen molar-refractivity contribution in [2.24, 2.45) is 0 Å². The molecule has 0 radical (unpaired) electrons. The summed E-state index contributed by atoms with van der Waals surface area (Å²) < 4.78 is 22.1. The van der Waals surface area contributed by atoms with Gasteiger partial charge in [-0.1, -0.05) is 0 Å². The van der Waals surface area contributed by atoms with Crippen molar-refractivity contribution in [1.82, 2.24) is 0 Å². The topological polar surface area (TPSA) is 51.2 Å². The first-order chi connectivity index (χ1) is 6.32. The van der Waals surface area contributed by atoms with E-state index in [0.29, 0.717) is 4.47 Å². The number of hydrogen-bond donors (Lipinski definition) is 0. The third-order valence-electron chi connectivity index (χ3n) is 1.43. The average molecular weight is 318 g/mol. The second-order valence-corrected chi connectivity index (χ2v) is 6.12. The maximum atomic E-state index is 10.9. The third kappa shape index (κ3) is 2.70. The fourth-order valence-electron chi connectivity index (χ4n) is 0.807. The third-order valence-corrected chi connectivity index (χ3v) is 3.65. The van der Waals surface area contributed by atoms with E-state index in [1.165, 1.54) is 18.2 Å². The zero-order valence-corrected chi connectivity index (χ0v) is 10.4. The molecule has 0 unspecified atom stereocenters. The van der Waals surface area contributed by atoms with Gasteiger partial charge in [0.2, 0.25) is 0 Å². The van der Waals surface area contributed by atoms with Crippen LogP contribution < -0.4 is 0 Å². The van der Waals surface area contributed by atoms with Gasteiger partial charge in [-0.15, -0.1) is 0 Å². The van der Waals surface area contributed by atoms with E-state index in [1.54, 1.807) is 0 Å². The molecule has 0 aliphatic carbocycles. The zero-order valence-electron chi connectivity index (χ0n) is 6.50. The van der Waals surface area contributed by atoms with E-state index in [4.69, 9.17) is 22.3 Å². The van der Waals surface area contributed by atoms with Crippen LogP contribution in [-0.2, 0) is 9.05 Å². The first-order valence-corrected chi connectivity index (χ1v) is 6.74. The van der Waals surface area contributed by atoms with E-state index in [2.05, 4.69) is 15.9 Å². The zero-order chi connectivity index (χ0) is 10.9. The lowest BCUT2D eigenvalue weighted by molar-refractivity contribution is 0.108. The molecule has 0 N–H and O–H groups in total. The normalized spacial score (nSPS) is 11.4. The average Bonchev–Trinajstić information content (AvgIpc) is 2.01. The fraction of sp³-hybridized carbons (Fsp3) is 0. The molecule has 1 aromatic carbocycles. The molecule has 0 saturated heterocycles. The van der Waals surface area contributed by atoms with Crippen LogP contribution in [0.4, 0.5) is 0 Å². The van der Waals surface area contributed by atoms with Crippen LogP contribution in [-0.4, -0.2) is 13.7 Å². The Kier molecular flexibility index (Phi) is 3.58. The Bertz CT molecular complexity index is 484. The number of benzene rings is 1.